The molecule has 0 unspecified atom stereocenters. The predicted octanol–water partition coefficient (Wildman–Crippen LogP) is 3.35. The van der Waals surface area contributed by atoms with Gasteiger partial charge in [0.2, 0.25) is 5.91 Å². The van der Waals surface area contributed by atoms with Gasteiger partial charge in [0.15, 0.2) is 0 Å². The SMILES string of the molecule is CCCN(CCC)c1ccc(CCC(=O)NC(C)C)cc1N. The highest BCUT2D eigenvalue weighted by Crippen LogP contribution is 2.25. The van der Waals surface area contributed by atoms with Gasteiger partial charge in [0.25, 0.3) is 0 Å². The van der Waals surface area contributed by atoms with Crippen molar-refractivity contribution in [2.45, 2.75) is 59.4 Å². The Balaban J connectivity index is 2.70. The van der Waals surface area contributed by atoms with Crippen molar-refractivity contribution < 1.29 is 4.79 Å². The van der Waals surface area contributed by atoms with Gasteiger partial charge in [0.1, 0.15) is 0 Å². The molecule has 1 amide bonds. The van der Waals surface area contributed by atoms with E-state index in [0.717, 1.165) is 49.3 Å². The smallest absolute Gasteiger partial charge is 0.220 e. The lowest BCUT2D eigenvalue weighted by atomic mass is 10.1. The molecule has 0 saturated heterocycles. The highest BCUT2D eigenvalue weighted by atomic mass is 16.1. The molecule has 0 fully saturated rings. The fourth-order valence-corrected chi connectivity index (χ4v) is 2.59. The minimum Gasteiger partial charge on any atom is -0.397 e. The molecule has 124 valence electrons. The second-order valence-electron chi connectivity index (χ2n) is 6.10. The first-order chi connectivity index (χ1) is 10.5. The van der Waals surface area contributed by atoms with Gasteiger partial charge in [0, 0.05) is 25.6 Å². The third-order valence-electron chi connectivity index (χ3n) is 3.51. The molecular weight excluding hydrogens is 274 g/mol. The molecule has 0 bridgehead atoms. The lowest BCUT2D eigenvalue weighted by molar-refractivity contribution is -0.121. The Bertz CT molecular complexity index is 465. The molecule has 0 aliphatic heterocycles. The number of rotatable bonds is 9. The zero-order valence-electron chi connectivity index (χ0n) is 14.5. The molecule has 0 aliphatic carbocycles. The molecule has 4 heteroatoms. The van der Waals surface area contributed by atoms with Crippen LogP contribution in [-0.4, -0.2) is 25.0 Å². The Morgan fingerprint density at radius 3 is 2.36 bits per heavy atom. The van der Waals surface area contributed by atoms with Gasteiger partial charge in [-0.25, -0.2) is 0 Å². The van der Waals surface area contributed by atoms with Gasteiger partial charge in [-0.3, -0.25) is 4.79 Å². The fraction of sp³-hybridized carbons (Fsp3) is 0.611. The summed E-state index contributed by atoms with van der Waals surface area (Å²) >= 11 is 0. The van der Waals surface area contributed by atoms with E-state index in [9.17, 15) is 4.79 Å². The largest absolute Gasteiger partial charge is 0.397 e. The molecule has 3 N–H and O–H groups in total. The molecule has 0 saturated carbocycles. The van der Waals surface area contributed by atoms with Gasteiger partial charge in [-0.1, -0.05) is 19.9 Å². The molecule has 0 heterocycles. The summed E-state index contributed by atoms with van der Waals surface area (Å²) in [5.41, 5.74) is 9.27. The van der Waals surface area contributed by atoms with Crippen molar-refractivity contribution in [3.05, 3.63) is 23.8 Å². The number of hydrogen-bond donors (Lipinski definition) is 2. The van der Waals surface area contributed by atoms with Gasteiger partial charge in [0.05, 0.1) is 11.4 Å². The molecular formula is C18H31N3O. The maximum atomic E-state index is 11.7. The molecule has 0 radical (unpaired) electrons. The number of amides is 1. The topological polar surface area (TPSA) is 58.4 Å². The molecule has 0 aliphatic rings. The van der Waals surface area contributed by atoms with E-state index in [4.69, 9.17) is 5.73 Å². The Hall–Kier alpha value is -1.71. The third kappa shape index (κ3) is 5.96. The number of benzene rings is 1. The number of aryl methyl sites for hydroxylation is 1. The predicted molar refractivity (Wildman–Crippen MR) is 95.2 cm³/mol. The van der Waals surface area contributed by atoms with Crippen molar-refractivity contribution in [1.82, 2.24) is 5.32 Å². The van der Waals surface area contributed by atoms with E-state index in [1.807, 2.05) is 19.9 Å². The number of hydrogen-bond acceptors (Lipinski definition) is 3. The summed E-state index contributed by atoms with van der Waals surface area (Å²) in [4.78, 5) is 14.0. The van der Waals surface area contributed by atoms with Crippen molar-refractivity contribution in [2.24, 2.45) is 0 Å². The Morgan fingerprint density at radius 2 is 1.86 bits per heavy atom. The van der Waals surface area contributed by atoms with Crippen LogP contribution in [0.1, 0.15) is 52.5 Å². The average Bonchev–Trinajstić information content (AvgIpc) is 2.44. The maximum Gasteiger partial charge on any atom is 0.220 e. The number of nitrogens with two attached hydrogens (primary N) is 1. The van der Waals surface area contributed by atoms with Gasteiger partial charge in [-0.15, -0.1) is 0 Å². The van der Waals surface area contributed by atoms with E-state index in [1.54, 1.807) is 0 Å². The van der Waals surface area contributed by atoms with Crippen LogP contribution in [0.4, 0.5) is 11.4 Å². The molecule has 22 heavy (non-hydrogen) atoms. The minimum atomic E-state index is 0.0937. The molecule has 0 spiro atoms. The molecule has 1 aromatic rings. The highest BCUT2D eigenvalue weighted by molar-refractivity contribution is 5.76. The monoisotopic (exact) mass is 305 g/mol. The van der Waals surface area contributed by atoms with Gasteiger partial charge in [-0.2, -0.15) is 0 Å². The Labute approximate surface area is 135 Å². The minimum absolute atomic E-state index is 0.0937. The standard InChI is InChI=1S/C18H31N3O/c1-5-11-21(12-6-2)17-9-7-15(13-16(17)19)8-10-18(22)20-14(3)4/h7,9,13-14H,5-6,8,10-12,19H2,1-4H3,(H,20,22). The molecule has 0 atom stereocenters. The number of nitrogen functional groups attached to an aromatic ring is 1. The maximum absolute atomic E-state index is 11.7. The van der Waals surface area contributed by atoms with E-state index in [0.29, 0.717) is 6.42 Å². The van der Waals surface area contributed by atoms with E-state index >= 15 is 0 Å². The molecule has 4 nitrogen and oxygen atoms in total. The summed E-state index contributed by atoms with van der Waals surface area (Å²) < 4.78 is 0. The van der Waals surface area contributed by atoms with Crippen LogP contribution in [0.15, 0.2) is 18.2 Å². The number of anilines is 2. The number of nitrogens with zero attached hydrogens (tertiary/aromatic N) is 1. The first-order valence-electron chi connectivity index (χ1n) is 8.40. The number of nitrogens with one attached hydrogen (secondary N) is 1. The van der Waals surface area contributed by atoms with Crippen LogP contribution in [0.5, 0.6) is 0 Å². The number of carbonyl (C=O) groups excluding carboxylic acids is 1. The first-order valence-corrected chi connectivity index (χ1v) is 8.40. The van der Waals surface area contributed by atoms with E-state index < -0.39 is 0 Å². The van der Waals surface area contributed by atoms with Gasteiger partial charge >= 0.3 is 0 Å². The second-order valence-corrected chi connectivity index (χ2v) is 6.10. The van der Waals surface area contributed by atoms with E-state index in [-0.39, 0.29) is 11.9 Å². The van der Waals surface area contributed by atoms with Crippen molar-refractivity contribution in [3.8, 4) is 0 Å². The Morgan fingerprint density at radius 1 is 1.23 bits per heavy atom. The van der Waals surface area contributed by atoms with Crippen molar-refractivity contribution >= 4 is 17.3 Å². The summed E-state index contributed by atoms with van der Waals surface area (Å²) in [7, 11) is 0. The first kappa shape index (κ1) is 18.3. The van der Waals surface area contributed by atoms with Crippen LogP contribution in [0.2, 0.25) is 0 Å². The normalized spacial score (nSPS) is 10.8. The third-order valence-corrected chi connectivity index (χ3v) is 3.51. The number of carbonyl (C=O) groups is 1. The lowest BCUT2D eigenvalue weighted by Gasteiger charge is -2.25. The Kier molecular flexibility index (Phi) is 7.78. The van der Waals surface area contributed by atoms with Crippen molar-refractivity contribution in [3.63, 3.8) is 0 Å². The van der Waals surface area contributed by atoms with Crippen LogP contribution in [0.25, 0.3) is 0 Å². The summed E-state index contributed by atoms with van der Waals surface area (Å²) in [6.45, 7) is 10.4. The van der Waals surface area contributed by atoms with Crippen LogP contribution in [-0.2, 0) is 11.2 Å². The summed E-state index contributed by atoms with van der Waals surface area (Å²) in [6.07, 6.45) is 3.45. The quantitative estimate of drug-likeness (QED) is 0.688. The van der Waals surface area contributed by atoms with E-state index in [1.165, 1.54) is 0 Å². The summed E-state index contributed by atoms with van der Waals surface area (Å²) in [6, 6.07) is 6.39. The van der Waals surface area contributed by atoms with Crippen LogP contribution < -0.4 is 16.0 Å². The molecule has 0 aromatic heterocycles. The summed E-state index contributed by atoms with van der Waals surface area (Å²) in [5.74, 6) is 0.0937. The lowest BCUT2D eigenvalue weighted by Crippen LogP contribution is -2.30. The van der Waals surface area contributed by atoms with E-state index in [2.05, 4.69) is 36.2 Å². The van der Waals surface area contributed by atoms with Crippen molar-refractivity contribution in [2.75, 3.05) is 23.7 Å². The van der Waals surface area contributed by atoms with Crippen LogP contribution >= 0.6 is 0 Å². The van der Waals surface area contributed by atoms with Crippen LogP contribution in [0.3, 0.4) is 0 Å². The zero-order valence-corrected chi connectivity index (χ0v) is 14.5. The molecule has 1 rings (SSSR count). The van der Waals surface area contributed by atoms with Gasteiger partial charge < -0.3 is 16.0 Å². The second kappa shape index (κ2) is 9.34. The average molecular weight is 305 g/mol. The highest BCUT2D eigenvalue weighted by Gasteiger charge is 2.10. The summed E-state index contributed by atoms with van der Waals surface area (Å²) in [5, 5.41) is 2.91. The van der Waals surface area contributed by atoms with Gasteiger partial charge in [-0.05, 0) is 50.8 Å². The van der Waals surface area contributed by atoms with Crippen molar-refractivity contribution in [1.29, 1.82) is 0 Å². The molecule has 1 aromatic carbocycles. The van der Waals surface area contributed by atoms with Crippen LogP contribution in [0, 0.1) is 0 Å². The fourth-order valence-electron chi connectivity index (χ4n) is 2.59. The zero-order chi connectivity index (χ0) is 16.5.